The van der Waals surface area contributed by atoms with E-state index < -0.39 is 25.0 Å². The van der Waals surface area contributed by atoms with E-state index in [1.165, 1.54) is 0 Å². The number of nitrogens with zero attached hydrogens (tertiary/aromatic N) is 3. The number of phenolic OH excluding ortho intramolecular Hbond substituents is 1. The Morgan fingerprint density at radius 1 is 1.24 bits per heavy atom. The average Bonchev–Trinajstić information content (AvgIpc) is 3.43. The molecule has 0 bridgehead atoms. The van der Waals surface area contributed by atoms with Crippen LogP contribution in [-0.4, -0.2) is 51.0 Å². The summed E-state index contributed by atoms with van der Waals surface area (Å²) in [6, 6.07) is 10.9. The van der Waals surface area contributed by atoms with Gasteiger partial charge in [-0.3, -0.25) is 0 Å². The van der Waals surface area contributed by atoms with Crippen molar-refractivity contribution in [3.8, 4) is 5.75 Å². The minimum atomic E-state index is -4.64. The normalized spacial score (nSPS) is 12.2. The Kier molecular flexibility index (Phi) is 9.59. The van der Waals surface area contributed by atoms with Gasteiger partial charge < -0.3 is 38.2 Å². The van der Waals surface area contributed by atoms with Gasteiger partial charge in [0, 0.05) is 30.4 Å². The molecule has 4 N–H and O–H groups in total. The Morgan fingerprint density at radius 2 is 1.89 bits per heavy atom. The Hall–Kier alpha value is -2.64. The monoisotopic (exact) mass is 613 g/mol. The molecule has 0 aliphatic rings. The Bertz CT molecular complexity index is 1420. The van der Waals surface area contributed by atoms with Gasteiger partial charge in [0.05, 0.1) is 40.7 Å². The third kappa shape index (κ3) is 7.23. The fraction of sp³-hybridized carbons (Fsp3) is 0.217. The number of imidazole rings is 1. The van der Waals surface area contributed by atoms with Crippen molar-refractivity contribution in [3.63, 3.8) is 0 Å². The van der Waals surface area contributed by atoms with Gasteiger partial charge in [-0.25, -0.2) is 14.3 Å². The predicted octanol–water partition coefficient (Wildman–Crippen LogP) is 3.45. The summed E-state index contributed by atoms with van der Waals surface area (Å²) in [4.78, 5) is 39.4. The number of rotatable bonds is 7. The second-order valence-electron chi connectivity index (χ2n) is 7.73. The molecule has 4 rings (SSSR count). The number of carbonyl (C=O) groups is 1. The molecular weight excluding hydrogens is 589 g/mol. The molecule has 1 atom stereocenters. The van der Waals surface area contributed by atoms with Crippen LogP contribution in [0.5, 0.6) is 5.75 Å². The van der Waals surface area contributed by atoms with Crippen molar-refractivity contribution in [1.29, 1.82) is 0 Å². The lowest BCUT2D eigenvalue weighted by Gasteiger charge is -2.13. The zero-order valence-electron chi connectivity index (χ0n) is 19.8. The van der Waals surface area contributed by atoms with Crippen molar-refractivity contribution in [2.75, 3.05) is 6.61 Å². The van der Waals surface area contributed by atoms with Gasteiger partial charge in [0.1, 0.15) is 5.75 Å². The molecule has 14 heteroatoms. The standard InChI is InChI=1S/C23H22BrN3O4S.H3O4P/c1-3-31-23(29)21-19(13-32(30)15-7-5-4-6-8-15)26(2)18-11-17(24)22(28)16(20(18)21)12-27-10-9-25-14-27;1-5(2,3)4/h4-11,14,28H,3,12-13H2,1-2H3;(H3,1,2,3,4). The summed E-state index contributed by atoms with van der Waals surface area (Å²) in [5, 5.41) is 11.5. The van der Waals surface area contributed by atoms with Crippen LogP contribution in [0.15, 0.2) is 64.5 Å². The second kappa shape index (κ2) is 12.3. The highest BCUT2D eigenvalue weighted by molar-refractivity contribution is 9.10. The van der Waals surface area contributed by atoms with Crippen LogP contribution in [0.1, 0.15) is 28.5 Å². The first-order chi connectivity index (χ1) is 17.4. The lowest BCUT2D eigenvalue weighted by atomic mass is 10.0. The molecule has 198 valence electrons. The van der Waals surface area contributed by atoms with Crippen LogP contribution in [-0.2, 0) is 39.8 Å². The van der Waals surface area contributed by atoms with E-state index in [2.05, 4.69) is 20.9 Å². The molecule has 0 amide bonds. The minimum absolute atomic E-state index is 0.0399. The van der Waals surface area contributed by atoms with Crippen molar-refractivity contribution in [2.45, 2.75) is 24.1 Å². The third-order valence-electron chi connectivity index (χ3n) is 5.29. The van der Waals surface area contributed by atoms with Gasteiger partial charge in [-0.05, 0) is 52.2 Å². The summed E-state index contributed by atoms with van der Waals surface area (Å²) >= 11 is 2.06. The molecule has 2 aromatic heterocycles. The molecule has 0 fully saturated rings. The van der Waals surface area contributed by atoms with Crippen LogP contribution >= 0.6 is 23.8 Å². The van der Waals surface area contributed by atoms with Crippen molar-refractivity contribution in [2.24, 2.45) is 7.05 Å². The van der Waals surface area contributed by atoms with Gasteiger partial charge in [0.2, 0.25) is 0 Å². The summed E-state index contributed by atoms with van der Waals surface area (Å²) in [7, 11) is -2.81. The van der Waals surface area contributed by atoms with Gasteiger partial charge in [-0.15, -0.1) is 0 Å². The maximum absolute atomic E-state index is 13.1. The SMILES string of the molecule is CCOC(=O)c1c(C[S+]([O-])c2ccccc2)n(C)c2cc(Br)c(O)c(Cn3ccnc3)c12.O=P(O)(O)O. The van der Waals surface area contributed by atoms with E-state index in [9.17, 15) is 14.5 Å². The summed E-state index contributed by atoms with van der Waals surface area (Å²) in [5.74, 6) is -0.337. The third-order valence-corrected chi connectivity index (χ3v) is 7.23. The number of aromatic nitrogens is 3. The zero-order chi connectivity index (χ0) is 27.3. The molecular formula is C23H25BrN3O8PS. The number of esters is 1. The van der Waals surface area contributed by atoms with Crippen LogP contribution in [0, 0.1) is 0 Å². The number of hydrogen-bond donors (Lipinski definition) is 4. The van der Waals surface area contributed by atoms with Crippen molar-refractivity contribution >= 4 is 51.8 Å². The number of hydrogen-bond acceptors (Lipinski definition) is 6. The van der Waals surface area contributed by atoms with E-state index >= 15 is 0 Å². The van der Waals surface area contributed by atoms with Gasteiger partial charge in [0.15, 0.2) is 10.6 Å². The van der Waals surface area contributed by atoms with Crippen LogP contribution in [0.4, 0.5) is 0 Å². The molecule has 2 aromatic carbocycles. The number of phosphoric acid groups is 1. The molecule has 0 aliphatic heterocycles. The van der Waals surface area contributed by atoms with Crippen LogP contribution in [0.25, 0.3) is 10.9 Å². The lowest BCUT2D eigenvalue weighted by molar-refractivity contribution is 0.0527. The number of carbonyl (C=O) groups excluding carboxylic acids is 1. The number of phenols is 1. The first kappa shape index (κ1) is 28.9. The molecule has 0 saturated carbocycles. The topological polar surface area (TPSA) is 170 Å². The number of ether oxygens (including phenoxy) is 1. The smallest absolute Gasteiger partial charge is 0.466 e. The molecule has 0 spiro atoms. The lowest BCUT2D eigenvalue weighted by Crippen LogP contribution is -2.14. The molecule has 37 heavy (non-hydrogen) atoms. The van der Waals surface area contributed by atoms with Crippen LogP contribution in [0.3, 0.4) is 0 Å². The zero-order valence-corrected chi connectivity index (χ0v) is 23.1. The molecule has 2 heterocycles. The summed E-state index contributed by atoms with van der Waals surface area (Å²) in [6.45, 7) is 2.25. The fourth-order valence-electron chi connectivity index (χ4n) is 3.77. The number of halogens is 1. The van der Waals surface area contributed by atoms with Crippen molar-refractivity contribution in [1.82, 2.24) is 14.1 Å². The molecule has 0 saturated heterocycles. The molecule has 0 aliphatic carbocycles. The summed E-state index contributed by atoms with van der Waals surface area (Å²) in [6.07, 6.45) is 5.08. The summed E-state index contributed by atoms with van der Waals surface area (Å²) < 4.78 is 31.5. The van der Waals surface area contributed by atoms with E-state index in [-0.39, 0.29) is 18.1 Å². The number of aromatic hydroxyl groups is 1. The minimum Gasteiger partial charge on any atom is -0.611 e. The van der Waals surface area contributed by atoms with Gasteiger partial charge in [-0.1, -0.05) is 18.2 Å². The van der Waals surface area contributed by atoms with Crippen LogP contribution in [0.2, 0.25) is 0 Å². The second-order valence-corrected chi connectivity index (χ2v) is 11.1. The fourth-order valence-corrected chi connectivity index (χ4v) is 5.44. The van der Waals surface area contributed by atoms with Crippen molar-refractivity contribution < 1.29 is 38.4 Å². The highest BCUT2D eigenvalue weighted by atomic mass is 79.9. The Morgan fingerprint density at radius 3 is 2.46 bits per heavy atom. The highest BCUT2D eigenvalue weighted by Gasteiger charge is 2.30. The highest BCUT2D eigenvalue weighted by Crippen LogP contribution is 2.40. The van der Waals surface area contributed by atoms with Crippen molar-refractivity contribution in [3.05, 3.63) is 76.4 Å². The predicted molar refractivity (Wildman–Crippen MR) is 140 cm³/mol. The molecule has 11 nitrogen and oxygen atoms in total. The van der Waals surface area contributed by atoms with E-state index in [1.54, 1.807) is 43.8 Å². The van der Waals surface area contributed by atoms with E-state index in [0.29, 0.717) is 38.1 Å². The van der Waals surface area contributed by atoms with E-state index in [4.69, 9.17) is 24.0 Å². The number of benzene rings is 2. The molecule has 4 aromatic rings. The Labute approximate surface area is 223 Å². The van der Waals surface area contributed by atoms with E-state index in [1.807, 2.05) is 34.4 Å². The van der Waals surface area contributed by atoms with Gasteiger partial charge >= 0.3 is 13.8 Å². The number of aryl methyl sites for hydroxylation is 1. The quantitative estimate of drug-likeness (QED) is 0.138. The Balaban J connectivity index is 0.000000695. The number of fused-ring (bicyclic) bond motifs is 1. The van der Waals surface area contributed by atoms with E-state index in [0.717, 1.165) is 5.52 Å². The maximum Gasteiger partial charge on any atom is 0.466 e. The molecule has 1 unspecified atom stereocenters. The maximum atomic E-state index is 13.1. The first-order valence-corrected chi connectivity index (χ1v) is 14.5. The molecule has 0 radical (unpaired) electrons. The summed E-state index contributed by atoms with van der Waals surface area (Å²) in [5.41, 5.74) is 2.20. The largest absolute Gasteiger partial charge is 0.611 e. The van der Waals surface area contributed by atoms with Crippen LogP contribution < -0.4 is 0 Å². The van der Waals surface area contributed by atoms with Gasteiger partial charge in [-0.2, -0.15) is 0 Å². The average molecular weight is 614 g/mol. The van der Waals surface area contributed by atoms with Gasteiger partial charge in [0.25, 0.3) is 0 Å². The first-order valence-electron chi connectivity index (χ1n) is 10.8.